The number of methoxy groups -OCH3 is 2. The first-order valence-electron chi connectivity index (χ1n) is 20.3. The van der Waals surface area contributed by atoms with Crippen molar-refractivity contribution in [1.29, 1.82) is 0 Å². The van der Waals surface area contributed by atoms with Crippen LogP contribution in [0.4, 0.5) is 9.59 Å². The lowest BCUT2D eigenvalue weighted by atomic mass is 9.90. The Bertz CT molecular complexity index is 1570. The quantitative estimate of drug-likeness (QED) is 0.118. The Morgan fingerprint density at radius 3 is 1.59 bits per heavy atom. The van der Waals surface area contributed by atoms with E-state index in [1.807, 2.05) is 45.9 Å². The SMILES string of the molecule is CC(Cl)OC(=O)Cl.CCN(CC)CC.COc1cc(C(=O)CC2CCCN(C(=O)OC(C)Cl)C2)cc(C)c1C.COc1cc(C(=O)CC2CCCNC2)cc(C)c1C. The number of alkyl halides is 2. The van der Waals surface area contributed by atoms with Gasteiger partial charge < -0.3 is 34.1 Å². The summed E-state index contributed by atoms with van der Waals surface area (Å²) < 4.78 is 19.9. The predicted octanol–water partition coefficient (Wildman–Crippen LogP) is 10.5. The van der Waals surface area contributed by atoms with Gasteiger partial charge in [0.1, 0.15) is 11.5 Å². The third-order valence-corrected chi connectivity index (χ3v) is 10.6. The van der Waals surface area contributed by atoms with Gasteiger partial charge in [0, 0.05) is 48.7 Å². The lowest BCUT2D eigenvalue weighted by Gasteiger charge is -2.32. The first-order valence-corrected chi connectivity index (χ1v) is 21.6. The molecule has 0 aliphatic carbocycles. The molecule has 14 heteroatoms. The summed E-state index contributed by atoms with van der Waals surface area (Å²) in [5, 5.41) is 3.36. The number of ketones is 2. The Morgan fingerprint density at radius 1 is 0.759 bits per heavy atom. The number of amides is 1. The second-order valence-corrected chi connectivity index (χ2v) is 16.1. The van der Waals surface area contributed by atoms with Crippen LogP contribution in [0.5, 0.6) is 11.5 Å². The van der Waals surface area contributed by atoms with Gasteiger partial charge in [0.25, 0.3) is 0 Å². The first-order chi connectivity index (χ1) is 27.4. The molecule has 2 heterocycles. The van der Waals surface area contributed by atoms with Crippen LogP contribution >= 0.6 is 34.8 Å². The maximum Gasteiger partial charge on any atom is 0.411 e. The summed E-state index contributed by atoms with van der Waals surface area (Å²) in [6.45, 7) is 24.4. The van der Waals surface area contributed by atoms with Crippen molar-refractivity contribution >= 4 is 57.9 Å². The molecule has 0 bridgehead atoms. The molecular weight excluding hydrogens is 805 g/mol. The van der Waals surface area contributed by atoms with Crippen LogP contribution in [-0.4, -0.2) is 104 Å². The van der Waals surface area contributed by atoms with Crippen LogP contribution in [0.25, 0.3) is 0 Å². The summed E-state index contributed by atoms with van der Waals surface area (Å²) in [7, 11) is 3.26. The molecule has 2 saturated heterocycles. The molecule has 2 aromatic carbocycles. The van der Waals surface area contributed by atoms with E-state index >= 15 is 0 Å². The molecule has 1 amide bonds. The molecule has 4 unspecified atom stereocenters. The number of piperidine rings is 2. The first kappa shape index (κ1) is 52.9. The molecular formula is C44H68Cl3N3O8. The molecule has 328 valence electrons. The van der Waals surface area contributed by atoms with Crippen LogP contribution < -0.4 is 14.8 Å². The molecule has 0 saturated carbocycles. The van der Waals surface area contributed by atoms with E-state index < -0.39 is 22.6 Å². The fraction of sp³-hybridized carbons (Fsp3) is 0.636. The number of benzene rings is 2. The van der Waals surface area contributed by atoms with Crippen molar-refractivity contribution in [2.75, 3.05) is 60.0 Å². The average molecular weight is 873 g/mol. The zero-order valence-corrected chi connectivity index (χ0v) is 38.9. The highest BCUT2D eigenvalue weighted by atomic mass is 35.5. The number of hydrogen-bond acceptors (Lipinski definition) is 10. The molecule has 2 aromatic rings. The normalized spacial score (nSPS) is 17.1. The van der Waals surface area contributed by atoms with Gasteiger partial charge in [-0.05, 0) is 158 Å². The van der Waals surface area contributed by atoms with Crippen molar-refractivity contribution in [3.63, 3.8) is 0 Å². The number of carbonyl (C=O) groups is 4. The second-order valence-electron chi connectivity index (χ2n) is 14.6. The fourth-order valence-corrected chi connectivity index (χ4v) is 7.00. The Hall–Kier alpha value is -3.09. The highest BCUT2D eigenvalue weighted by Gasteiger charge is 2.27. The zero-order chi connectivity index (χ0) is 43.9. The maximum atomic E-state index is 12.7. The standard InChI is InChI=1S/C19H26ClNO4.C16H23NO2.C6H15N.C3H4Cl2O2/c1-12-8-16(10-18(24-4)13(12)2)17(22)9-15-6-5-7-21(11-15)19(23)25-14(3)20;1-11-7-14(9-16(19-3)12(11)2)15(18)8-13-5-4-6-17-10-13;1-4-7(5-2)6-3;1-2(4)7-3(5)6/h8,10,14-15H,5-7,9,11H2,1-4H3;7,9,13,17H,4-6,8,10H2,1-3H3;4-6H2,1-3H3;2H,1H3. The van der Waals surface area contributed by atoms with Crippen molar-refractivity contribution in [2.45, 2.75) is 112 Å². The molecule has 4 atom stereocenters. The largest absolute Gasteiger partial charge is 0.496 e. The topological polar surface area (TPSA) is 124 Å². The molecule has 4 rings (SSSR count). The van der Waals surface area contributed by atoms with Gasteiger partial charge in [-0.3, -0.25) is 9.59 Å². The van der Waals surface area contributed by atoms with Crippen molar-refractivity contribution < 1.29 is 38.1 Å². The number of ether oxygens (including phenoxy) is 4. The van der Waals surface area contributed by atoms with E-state index in [2.05, 4.69) is 35.7 Å². The zero-order valence-electron chi connectivity index (χ0n) is 36.6. The maximum absolute atomic E-state index is 12.7. The number of aryl methyl sites for hydroxylation is 2. The van der Waals surface area contributed by atoms with Gasteiger partial charge in [0.15, 0.2) is 22.7 Å². The van der Waals surface area contributed by atoms with Crippen LogP contribution in [0.3, 0.4) is 0 Å². The number of nitrogens with one attached hydrogen (secondary N) is 1. The number of hydrogen-bond donors (Lipinski definition) is 1. The van der Waals surface area contributed by atoms with E-state index in [-0.39, 0.29) is 17.5 Å². The minimum absolute atomic E-state index is 0.0762. The molecule has 0 aromatic heterocycles. The summed E-state index contributed by atoms with van der Waals surface area (Å²) in [6.07, 6.45) is 4.75. The third-order valence-electron chi connectivity index (χ3n) is 10.3. The van der Waals surface area contributed by atoms with Crippen molar-refractivity contribution in [3.8, 4) is 11.5 Å². The Balaban J connectivity index is 0.000000445. The predicted molar refractivity (Wildman–Crippen MR) is 236 cm³/mol. The molecule has 58 heavy (non-hydrogen) atoms. The number of likely N-dealkylation sites (tertiary alicyclic amines) is 1. The van der Waals surface area contributed by atoms with Crippen LogP contribution in [0.15, 0.2) is 24.3 Å². The molecule has 0 radical (unpaired) electrons. The highest BCUT2D eigenvalue weighted by molar-refractivity contribution is 6.61. The van der Waals surface area contributed by atoms with E-state index in [0.717, 1.165) is 71.7 Å². The summed E-state index contributed by atoms with van der Waals surface area (Å²) in [6, 6.07) is 7.57. The molecule has 0 spiro atoms. The fourth-order valence-electron chi connectivity index (χ4n) is 6.67. The van der Waals surface area contributed by atoms with Crippen molar-refractivity contribution in [2.24, 2.45) is 11.8 Å². The Kier molecular flexibility index (Phi) is 25.9. The lowest BCUT2D eigenvalue weighted by molar-refractivity contribution is 0.0732. The van der Waals surface area contributed by atoms with Gasteiger partial charge in [-0.25, -0.2) is 9.59 Å². The number of carbonyl (C=O) groups excluding carboxylic acids is 4. The van der Waals surface area contributed by atoms with Gasteiger partial charge in [-0.15, -0.1) is 0 Å². The molecule has 2 aliphatic rings. The van der Waals surface area contributed by atoms with Crippen LogP contribution in [0.2, 0.25) is 0 Å². The van der Waals surface area contributed by atoms with Gasteiger partial charge in [0.2, 0.25) is 0 Å². The van der Waals surface area contributed by atoms with E-state index in [1.54, 1.807) is 32.1 Å². The van der Waals surface area contributed by atoms with Crippen LogP contribution in [-0.2, 0) is 9.47 Å². The molecule has 1 N–H and O–H groups in total. The molecule has 2 fully saturated rings. The highest BCUT2D eigenvalue weighted by Crippen LogP contribution is 2.28. The molecule has 11 nitrogen and oxygen atoms in total. The lowest BCUT2D eigenvalue weighted by Crippen LogP contribution is -2.41. The van der Waals surface area contributed by atoms with Crippen molar-refractivity contribution in [1.82, 2.24) is 15.1 Å². The van der Waals surface area contributed by atoms with E-state index in [4.69, 9.17) is 49.0 Å². The van der Waals surface area contributed by atoms with Gasteiger partial charge in [0.05, 0.1) is 14.2 Å². The number of halogens is 3. The second kappa shape index (κ2) is 28.4. The van der Waals surface area contributed by atoms with Gasteiger partial charge in [-0.1, -0.05) is 44.0 Å². The van der Waals surface area contributed by atoms with Crippen LogP contribution in [0.1, 0.15) is 116 Å². The van der Waals surface area contributed by atoms with Gasteiger partial charge in [-0.2, -0.15) is 0 Å². The van der Waals surface area contributed by atoms with Gasteiger partial charge >= 0.3 is 11.5 Å². The smallest absolute Gasteiger partial charge is 0.411 e. The third kappa shape index (κ3) is 19.8. The van der Waals surface area contributed by atoms with E-state index in [1.165, 1.54) is 33.0 Å². The minimum Gasteiger partial charge on any atom is -0.496 e. The Labute approximate surface area is 362 Å². The Morgan fingerprint density at radius 2 is 1.22 bits per heavy atom. The van der Waals surface area contributed by atoms with E-state index in [9.17, 15) is 19.2 Å². The van der Waals surface area contributed by atoms with Crippen molar-refractivity contribution in [3.05, 3.63) is 57.6 Å². The summed E-state index contributed by atoms with van der Waals surface area (Å²) in [5.41, 5.74) is 3.58. The van der Waals surface area contributed by atoms with Crippen LogP contribution in [0, 0.1) is 39.5 Å². The molecule has 2 aliphatic heterocycles. The number of nitrogens with zero attached hydrogens (tertiary/aromatic N) is 2. The summed E-state index contributed by atoms with van der Waals surface area (Å²) >= 11 is 15.6. The monoisotopic (exact) mass is 871 g/mol. The minimum atomic E-state index is -0.873. The van der Waals surface area contributed by atoms with E-state index in [0.29, 0.717) is 37.4 Å². The number of Topliss-reactive ketones (excluding diaryl/α,β-unsaturated/α-hetero) is 2. The summed E-state index contributed by atoms with van der Waals surface area (Å²) in [4.78, 5) is 50.8. The number of rotatable bonds is 13. The summed E-state index contributed by atoms with van der Waals surface area (Å²) in [5.74, 6) is 2.46. The average Bonchev–Trinajstić information content (AvgIpc) is 3.18.